The molecule has 1 heterocycles. The summed E-state index contributed by atoms with van der Waals surface area (Å²) in [7, 11) is -3.21. The highest BCUT2D eigenvalue weighted by atomic mass is 79.9. The van der Waals surface area contributed by atoms with E-state index in [0.29, 0.717) is 20.9 Å². The van der Waals surface area contributed by atoms with Crippen molar-refractivity contribution < 1.29 is 13.2 Å². The zero-order chi connectivity index (χ0) is 15.3. The Balaban J connectivity index is 2.23. The molecule has 2 aromatic carbocycles. The first-order valence-corrected chi connectivity index (χ1v) is 9.79. The van der Waals surface area contributed by atoms with Gasteiger partial charge in [0.05, 0.1) is 0 Å². The first kappa shape index (κ1) is 14.7. The molecule has 0 saturated heterocycles. The standard InChI is InChI=1S/C16H12BrF3S/c1-11-6-8-12(9-7-11)15-10-13-4-2-3-5-14(13)21(15,17)16(18,19)20/h2-10H,1H3. The van der Waals surface area contributed by atoms with Crippen LogP contribution in [0.1, 0.15) is 16.7 Å². The van der Waals surface area contributed by atoms with E-state index in [2.05, 4.69) is 14.8 Å². The van der Waals surface area contributed by atoms with Crippen LogP contribution in [0.3, 0.4) is 0 Å². The van der Waals surface area contributed by atoms with E-state index >= 15 is 0 Å². The highest BCUT2D eigenvalue weighted by Gasteiger charge is 2.55. The highest BCUT2D eigenvalue weighted by molar-refractivity contribution is 9.59. The number of aryl methyl sites for hydroxylation is 1. The summed E-state index contributed by atoms with van der Waals surface area (Å²) in [5, 5.41) is 0. The minimum atomic E-state index is -4.34. The Hall–Kier alpha value is -1.20. The molecule has 0 aliphatic carbocycles. The average Bonchev–Trinajstić information content (AvgIpc) is 2.75. The van der Waals surface area contributed by atoms with Crippen LogP contribution in [0.4, 0.5) is 13.2 Å². The molecule has 0 fully saturated rings. The third-order valence-electron chi connectivity index (χ3n) is 3.47. The topological polar surface area (TPSA) is 0 Å². The number of alkyl halides is 3. The van der Waals surface area contributed by atoms with Crippen molar-refractivity contribution in [3.8, 4) is 0 Å². The summed E-state index contributed by atoms with van der Waals surface area (Å²) in [6.45, 7) is 1.92. The molecule has 110 valence electrons. The second-order valence-corrected chi connectivity index (χ2v) is 10.2. The van der Waals surface area contributed by atoms with Crippen molar-refractivity contribution in [2.75, 3.05) is 0 Å². The molecule has 1 aliphatic heterocycles. The highest BCUT2D eigenvalue weighted by Crippen LogP contribution is 2.83. The van der Waals surface area contributed by atoms with E-state index in [-0.39, 0.29) is 0 Å². The average molecular weight is 373 g/mol. The van der Waals surface area contributed by atoms with E-state index in [1.807, 2.05) is 19.1 Å². The number of rotatable bonds is 1. The van der Waals surface area contributed by atoms with Crippen LogP contribution < -0.4 is 0 Å². The van der Waals surface area contributed by atoms with Gasteiger partial charge in [0.2, 0.25) is 0 Å². The molecule has 2 aromatic rings. The lowest BCUT2D eigenvalue weighted by Gasteiger charge is -2.35. The second-order valence-electron chi connectivity index (χ2n) is 4.90. The minimum absolute atomic E-state index is 0.316. The fraction of sp³-hybridized carbons (Fsp3) is 0.125. The minimum Gasteiger partial charge on any atom is -0.160 e. The Bertz CT molecular complexity index is 719. The second kappa shape index (κ2) is 4.92. The van der Waals surface area contributed by atoms with Crippen molar-refractivity contribution in [2.45, 2.75) is 17.3 Å². The number of fused-ring (bicyclic) bond motifs is 1. The first-order valence-electron chi connectivity index (χ1n) is 6.31. The van der Waals surface area contributed by atoms with E-state index in [9.17, 15) is 13.2 Å². The fourth-order valence-corrected chi connectivity index (χ4v) is 6.34. The third kappa shape index (κ3) is 2.23. The van der Waals surface area contributed by atoms with Gasteiger partial charge in [-0.3, -0.25) is 0 Å². The lowest BCUT2D eigenvalue weighted by atomic mass is 10.1. The van der Waals surface area contributed by atoms with E-state index in [1.54, 1.807) is 42.5 Å². The molecule has 0 N–H and O–H groups in total. The van der Waals surface area contributed by atoms with Crippen molar-refractivity contribution in [1.82, 2.24) is 0 Å². The van der Waals surface area contributed by atoms with Crippen LogP contribution in [0.15, 0.2) is 53.4 Å². The number of hydrogen-bond acceptors (Lipinski definition) is 0. The third-order valence-corrected chi connectivity index (χ3v) is 9.24. The van der Waals surface area contributed by atoms with Gasteiger partial charge in [-0.1, -0.05) is 48.0 Å². The van der Waals surface area contributed by atoms with E-state index < -0.39 is 14.0 Å². The van der Waals surface area contributed by atoms with E-state index in [1.165, 1.54) is 0 Å². The van der Waals surface area contributed by atoms with Gasteiger partial charge in [0.1, 0.15) is 0 Å². The fourth-order valence-electron chi connectivity index (χ4n) is 2.41. The van der Waals surface area contributed by atoms with Gasteiger partial charge in [0.25, 0.3) is 0 Å². The van der Waals surface area contributed by atoms with Crippen LogP contribution in [0, 0.1) is 6.92 Å². The van der Waals surface area contributed by atoms with Gasteiger partial charge in [-0.25, -0.2) is 0 Å². The van der Waals surface area contributed by atoms with Crippen molar-refractivity contribution in [2.24, 2.45) is 0 Å². The van der Waals surface area contributed by atoms with Crippen LogP contribution >= 0.6 is 23.3 Å². The van der Waals surface area contributed by atoms with Gasteiger partial charge in [0.15, 0.2) is 0 Å². The molecule has 1 atom stereocenters. The molecule has 3 rings (SSSR count). The van der Waals surface area contributed by atoms with Crippen molar-refractivity contribution in [3.05, 3.63) is 65.2 Å². The quantitative estimate of drug-likeness (QED) is 0.535. The van der Waals surface area contributed by atoms with Crippen LogP contribution in [0.25, 0.3) is 11.0 Å². The predicted molar refractivity (Wildman–Crippen MR) is 86.3 cm³/mol. The molecule has 0 amide bonds. The maximum atomic E-state index is 13.8. The lowest BCUT2D eigenvalue weighted by Crippen LogP contribution is -2.15. The maximum absolute atomic E-state index is 13.8. The van der Waals surface area contributed by atoms with Gasteiger partial charge in [-0.15, -0.1) is 0 Å². The van der Waals surface area contributed by atoms with Crippen LogP contribution in [-0.4, -0.2) is 5.51 Å². The van der Waals surface area contributed by atoms with Crippen molar-refractivity contribution in [1.29, 1.82) is 0 Å². The molecule has 0 nitrogen and oxygen atoms in total. The van der Waals surface area contributed by atoms with E-state index in [0.717, 1.165) is 5.56 Å². The largest absolute Gasteiger partial charge is 0.442 e. The molecule has 0 aromatic heterocycles. The van der Waals surface area contributed by atoms with Gasteiger partial charge in [-0.2, -0.15) is 13.2 Å². The summed E-state index contributed by atoms with van der Waals surface area (Å²) in [5.41, 5.74) is -2.06. The van der Waals surface area contributed by atoms with Crippen molar-refractivity contribution >= 4 is 34.3 Å². The molecule has 0 saturated carbocycles. The van der Waals surface area contributed by atoms with Crippen molar-refractivity contribution in [3.63, 3.8) is 0 Å². The Morgan fingerprint density at radius 1 is 0.952 bits per heavy atom. The first-order chi connectivity index (χ1) is 9.84. The molecular formula is C16H12BrF3S. The number of halogens is 4. The summed E-state index contributed by atoms with van der Waals surface area (Å²) in [5.74, 6) is 0. The van der Waals surface area contributed by atoms with Crippen LogP contribution in [-0.2, 0) is 0 Å². The summed E-state index contributed by atoms with van der Waals surface area (Å²) in [4.78, 5) is 0.643. The van der Waals surface area contributed by atoms with Crippen LogP contribution in [0.5, 0.6) is 0 Å². The normalized spacial score (nSPS) is 24.1. The Morgan fingerprint density at radius 3 is 2.19 bits per heavy atom. The molecule has 0 radical (unpaired) electrons. The molecule has 0 spiro atoms. The summed E-state index contributed by atoms with van der Waals surface area (Å²) in [6, 6.07) is 13.9. The molecule has 5 heteroatoms. The zero-order valence-corrected chi connectivity index (χ0v) is 13.5. The zero-order valence-electron chi connectivity index (χ0n) is 11.1. The van der Waals surface area contributed by atoms with Gasteiger partial charge < -0.3 is 0 Å². The Morgan fingerprint density at radius 2 is 1.57 bits per heavy atom. The SMILES string of the molecule is Cc1ccc(C2=Cc3ccccc3S2(Br)C(F)(F)F)cc1. The Labute approximate surface area is 130 Å². The molecule has 1 aliphatic rings. The monoisotopic (exact) mass is 372 g/mol. The van der Waals surface area contributed by atoms with Gasteiger partial charge >= 0.3 is 5.51 Å². The summed E-state index contributed by atoms with van der Waals surface area (Å²) in [6.07, 6.45) is 1.65. The smallest absolute Gasteiger partial charge is 0.160 e. The maximum Gasteiger partial charge on any atom is 0.442 e. The summed E-state index contributed by atoms with van der Waals surface area (Å²) >= 11 is 3.08. The Kier molecular flexibility index (Phi) is 3.45. The summed E-state index contributed by atoms with van der Waals surface area (Å²) < 4.78 is 41.4. The lowest BCUT2D eigenvalue weighted by molar-refractivity contribution is -0.0350. The van der Waals surface area contributed by atoms with Gasteiger partial charge in [-0.05, 0) is 53.5 Å². The predicted octanol–water partition coefficient (Wildman–Crippen LogP) is 6.50. The number of hydrogen-bond donors (Lipinski definition) is 0. The molecule has 0 bridgehead atoms. The van der Waals surface area contributed by atoms with E-state index in [4.69, 9.17) is 0 Å². The molecule has 21 heavy (non-hydrogen) atoms. The van der Waals surface area contributed by atoms with Gasteiger partial charge in [0, 0.05) is 9.80 Å². The number of benzene rings is 2. The molecular weight excluding hydrogens is 361 g/mol. The molecule has 1 unspecified atom stereocenters. The van der Waals surface area contributed by atoms with Crippen LogP contribution in [0.2, 0.25) is 0 Å².